The van der Waals surface area contributed by atoms with Gasteiger partial charge in [-0.05, 0) is 85.1 Å². The number of hydrogen-bond donors (Lipinski definition) is 0. The molecule has 37 heavy (non-hydrogen) atoms. The molecule has 186 valence electrons. The van der Waals surface area contributed by atoms with Gasteiger partial charge in [-0.3, -0.25) is 9.36 Å². The molecule has 5 rings (SSSR count). The first kappa shape index (κ1) is 24.8. The van der Waals surface area contributed by atoms with E-state index in [1.807, 2.05) is 13.0 Å². The summed E-state index contributed by atoms with van der Waals surface area (Å²) in [7, 11) is -3.73. The number of aryl methyl sites for hydroxylation is 2. The summed E-state index contributed by atoms with van der Waals surface area (Å²) in [5.74, 6) is -0.655. The Morgan fingerprint density at radius 3 is 2.41 bits per heavy atom. The normalized spacial score (nSPS) is 11.7. The van der Waals surface area contributed by atoms with Gasteiger partial charge >= 0.3 is 0 Å². The molecular formula is C28H21ClFN3O3S. The average molecular weight is 534 g/mol. The number of fused-ring (bicyclic) bond motifs is 1. The van der Waals surface area contributed by atoms with E-state index < -0.39 is 15.7 Å². The number of hydrogen-bond acceptors (Lipinski definition) is 5. The monoisotopic (exact) mass is 533 g/mol. The second-order valence-corrected chi connectivity index (χ2v) is 11.1. The van der Waals surface area contributed by atoms with Crippen molar-refractivity contribution < 1.29 is 12.8 Å². The van der Waals surface area contributed by atoms with Gasteiger partial charge in [-0.2, -0.15) is 0 Å². The Bertz CT molecular complexity index is 1840. The third-order valence-electron chi connectivity index (χ3n) is 6.16. The number of halogens is 2. The van der Waals surface area contributed by atoms with E-state index in [1.165, 1.54) is 41.2 Å². The topological polar surface area (TPSA) is 81.9 Å². The van der Waals surface area contributed by atoms with Crippen LogP contribution < -0.4 is 5.56 Å². The lowest BCUT2D eigenvalue weighted by molar-refractivity contribution is 0.594. The Balaban J connectivity index is 1.60. The minimum Gasteiger partial charge on any atom is -0.277 e. The molecule has 0 saturated carbocycles. The Kier molecular flexibility index (Phi) is 6.39. The molecule has 0 unspecified atom stereocenters. The number of nitrogens with zero attached hydrogens (tertiary/aromatic N) is 3. The standard InChI is InChI=1S/C28H21ClFN3O3S/c1-17-12-19(4-7-23(17)29)22-13-18(2)26(15-24(22)30)33-25-8-6-21(14-20(25)5-9-28(33)34)37(35,36)16-27-31-10-3-11-32-27/h3-15H,16H2,1-2H3. The first-order valence-corrected chi connectivity index (χ1v) is 13.4. The maximum atomic E-state index is 15.4. The lowest BCUT2D eigenvalue weighted by atomic mass is 9.99. The molecule has 9 heteroatoms. The van der Waals surface area contributed by atoms with Crippen molar-refractivity contribution in [3.8, 4) is 16.8 Å². The highest BCUT2D eigenvalue weighted by Crippen LogP contribution is 2.31. The lowest BCUT2D eigenvalue weighted by Crippen LogP contribution is -2.19. The zero-order valence-corrected chi connectivity index (χ0v) is 21.5. The predicted octanol–water partition coefficient (Wildman–Crippen LogP) is 5.83. The third kappa shape index (κ3) is 4.77. The van der Waals surface area contributed by atoms with Crippen molar-refractivity contribution in [2.24, 2.45) is 0 Å². The van der Waals surface area contributed by atoms with Crippen LogP contribution in [0.2, 0.25) is 5.02 Å². The van der Waals surface area contributed by atoms with Crippen LogP contribution in [0.4, 0.5) is 4.39 Å². The van der Waals surface area contributed by atoms with Crippen LogP contribution in [0.3, 0.4) is 0 Å². The van der Waals surface area contributed by atoms with Gasteiger partial charge in [0.05, 0.1) is 16.1 Å². The quantitative estimate of drug-likeness (QED) is 0.284. The molecule has 2 heterocycles. The molecule has 0 aliphatic rings. The van der Waals surface area contributed by atoms with Crippen LogP contribution in [0.25, 0.3) is 27.7 Å². The Morgan fingerprint density at radius 2 is 1.68 bits per heavy atom. The number of benzene rings is 3. The summed E-state index contributed by atoms with van der Waals surface area (Å²) in [6, 6.07) is 17.3. The van der Waals surface area contributed by atoms with Gasteiger partial charge in [-0.1, -0.05) is 17.7 Å². The average Bonchev–Trinajstić information content (AvgIpc) is 2.87. The Morgan fingerprint density at radius 1 is 0.919 bits per heavy atom. The fraction of sp³-hybridized carbons (Fsp3) is 0.107. The maximum Gasteiger partial charge on any atom is 0.255 e. The molecular weight excluding hydrogens is 513 g/mol. The van der Waals surface area contributed by atoms with Crippen molar-refractivity contribution in [1.82, 2.24) is 14.5 Å². The van der Waals surface area contributed by atoms with Gasteiger partial charge in [0.1, 0.15) is 17.4 Å². The van der Waals surface area contributed by atoms with Crippen LogP contribution in [0.5, 0.6) is 0 Å². The lowest BCUT2D eigenvalue weighted by Gasteiger charge is -2.16. The molecule has 5 aromatic rings. The van der Waals surface area contributed by atoms with Gasteiger partial charge in [0, 0.05) is 34.4 Å². The molecule has 0 N–H and O–H groups in total. The van der Waals surface area contributed by atoms with E-state index in [1.54, 1.807) is 43.3 Å². The Labute approximate surface area is 218 Å². The number of rotatable bonds is 5. The van der Waals surface area contributed by atoms with Crippen LogP contribution in [-0.2, 0) is 15.6 Å². The summed E-state index contributed by atoms with van der Waals surface area (Å²) in [6.45, 7) is 3.65. The maximum absolute atomic E-state index is 15.4. The van der Waals surface area contributed by atoms with Crippen LogP contribution >= 0.6 is 11.6 Å². The second kappa shape index (κ2) is 9.53. The molecule has 2 aromatic heterocycles. The molecule has 0 fully saturated rings. The molecule has 0 bridgehead atoms. The fourth-order valence-electron chi connectivity index (χ4n) is 4.27. The second-order valence-electron chi connectivity index (χ2n) is 8.73. The van der Waals surface area contributed by atoms with E-state index in [2.05, 4.69) is 9.97 Å². The third-order valence-corrected chi connectivity index (χ3v) is 8.19. The summed E-state index contributed by atoms with van der Waals surface area (Å²) >= 11 is 6.12. The summed E-state index contributed by atoms with van der Waals surface area (Å²) in [5.41, 5.74) is 3.04. The summed E-state index contributed by atoms with van der Waals surface area (Å²) in [5, 5.41) is 1.12. The van der Waals surface area contributed by atoms with Gasteiger partial charge in [0.25, 0.3) is 5.56 Å². The minimum atomic E-state index is -3.73. The van der Waals surface area contributed by atoms with Gasteiger partial charge in [-0.15, -0.1) is 0 Å². The fourth-order valence-corrected chi connectivity index (χ4v) is 5.62. The van der Waals surface area contributed by atoms with Gasteiger partial charge < -0.3 is 0 Å². The van der Waals surface area contributed by atoms with Gasteiger partial charge in [0.2, 0.25) is 0 Å². The molecule has 6 nitrogen and oxygen atoms in total. The molecule has 0 saturated heterocycles. The van der Waals surface area contributed by atoms with Crippen molar-refractivity contribution in [3.63, 3.8) is 0 Å². The van der Waals surface area contributed by atoms with E-state index in [9.17, 15) is 13.2 Å². The largest absolute Gasteiger partial charge is 0.277 e. The van der Waals surface area contributed by atoms with Crippen LogP contribution in [0.15, 0.2) is 88.8 Å². The van der Waals surface area contributed by atoms with Crippen LogP contribution in [0.1, 0.15) is 17.0 Å². The summed E-state index contributed by atoms with van der Waals surface area (Å²) < 4.78 is 42.7. The minimum absolute atomic E-state index is 0.0778. The zero-order chi connectivity index (χ0) is 26.3. The predicted molar refractivity (Wildman–Crippen MR) is 142 cm³/mol. The van der Waals surface area contributed by atoms with Crippen molar-refractivity contribution >= 4 is 32.3 Å². The molecule has 0 aliphatic heterocycles. The first-order chi connectivity index (χ1) is 17.6. The van der Waals surface area contributed by atoms with E-state index in [0.717, 1.165) is 5.56 Å². The first-order valence-electron chi connectivity index (χ1n) is 11.4. The van der Waals surface area contributed by atoms with E-state index in [0.29, 0.717) is 38.3 Å². The number of pyridine rings is 1. The highest BCUT2D eigenvalue weighted by atomic mass is 35.5. The molecule has 0 amide bonds. The van der Waals surface area contributed by atoms with Crippen molar-refractivity contribution in [2.75, 3.05) is 0 Å². The van der Waals surface area contributed by atoms with Crippen molar-refractivity contribution in [1.29, 1.82) is 0 Å². The van der Waals surface area contributed by atoms with E-state index in [4.69, 9.17) is 11.6 Å². The summed E-state index contributed by atoms with van der Waals surface area (Å²) in [4.78, 5) is 21.0. The van der Waals surface area contributed by atoms with Gasteiger partial charge in [-0.25, -0.2) is 22.8 Å². The SMILES string of the molecule is Cc1cc(-c2cc(C)c(-n3c(=O)ccc4cc(S(=O)(=O)Cc5ncccn5)ccc43)cc2F)ccc1Cl. The summed E-state index contributed by atoms with van der Waals surface area (Å²) in [6.07, 6.45) is 2.97. The molecule has 0 atom stereocenters. The zero-order valence-electron chi connectivity index (χ0n) is 19.9. The van der Waals surface area contributed by atoms with Crippen LogP contribution in [-0.4, -0.2) is 23.0 Å². The highest BCUT2D eigenvalue weighted by molar-refractivity contribution is 7.90. The van der Waals surface area contributed by atoms with Crippen LogP contribution in [0, 0.1) is 19.7 Å². The number of sulfone groups is 1. The molecule has 0 spiro atoms. The van der Waals surface area contributed by atoms with E-state index in [-0.39, 0.29) is 22.0 Å². The smallest absolute Gasteiger partial charge is 0.255 e. The molecule has 3 aromatic carbocycles. The molecule has 0 radical (unpaired) electrons. The van der Waals surface area contributed by atoms with Crippen molar-refractivity contribution in [2.45, 2.75) is 24.5 Å². The van der Waals surface area contributed by atoms with Gasteiger partial charge in [0.15, 0.2) is 9.84 Å². The van der Waals surface area contributed by atoms with E-state index >= 15 is 4.39 Å². The highest BCUT2D eigenvalue weighted by Gasteiger charge is 2.19. The van der Waals surface area contributed by atoms with Crippen molar-refractivity contribution in [3.05, 3.63) is 117 Å². The molecule has 0 aliphatic carbocycles. The number of aromatic nitrogens is 3. The Hall–Kier alpha value is -3.88.